The summed E-state index contributed by atoms with van der Waals surface area (Å²) in [5.74, 6) is -6.67. The van der Waals surface area contributed by atoms with Gasteiger partial charge in [0.2, 0.25) is 5.82 Å². The van der Waals surface area contributed by atoms with Crippen LogP contribution in [0.5, 0.6) is 5.75 Å². The van der Waals surface area contributed by atoms with Crippen molar-refractivity contribution in [2.45, 2.75) is 56.0 Å². The average molecular weight is 485 g/mol. The molecule has 2 heterocycles. The van der Waals surface area contributed by atoms with E-state index in [-0.39, 0.29) is 11.3 Å². The summed E-state index contributed by atoms with van der Waals surface area (Å²) in [7, 11) is 1.07. The Hall–Kier alpha value is -2.79. The molecule has 4 rings (SSSR count). The smallest absolute Gasteiger partial charge is 0.417 e. The molecule has 2 fully saturated rings. The third kappa shape index (κ3) is 3.90. The molecule has 3 N–H and O–H groups in total. The van der Waals surface area contributed by atoms with Gasteiger partial charge in [0.15, 0.2) is 17.2 Å². The van der Waals surface area contributed by atoms with E-state index in [2.05, 4.69) is 10.3 Å². The summed E-state index contributed by atoms with van der Waals surface area (Å²) in [6.07, 6.45) is -3.63. The van der Waals surface area contributed by atoms with Crippen LogP contribution in [-0.4, -0.2) is 35.9 Å². The molecule has 1 aromatic heterocycles. The molecule has 6 nitrogen and oxygen atoms in total. The number of hydrogen-bond acceptors (Lipinski definition) is 5. The Labute approximate surface area is 192 Å². The van der Waals surface area contributed by atoms with Crippen molar-refractivity contribution >= 4 is 11.6 Å². The first-order valence-electron chi connectivity index (χ1n) is 10.6. The van der Waals surface area contributed by atoms with Gasteiger partial charge in [-0.25, -0.2) is 4.39 Å². The van der Waals surface area contributed by atoms with Gasteiger partial charge in [0.05, 0.1) is 18.3 Å². The van der Waals surface area contributed by atoms with Gasteiger partial charge in [0.1, 0.15) is 6.10 Å². The fourth-order valence-corrected chi connectivity index (χ4v) is 4.42. The standard InChI is InChI=1S/C23H24F5N3O3/c1-11-16(13-4-5-14(24)17(25)18(13)33-3)19(34-21(11,2)23(26,27)28)20(32)31-12-6-9-30-15(10-12)22(29)7-8-22/h4-6,9-11,16,19H,7-8,29H2,1-3H3,(H,30,31,32)/t11-,16-,19+,21+/m0/s1. The Kier molecular flexibility index (Phi) is 5.84. The molecule has 0 radical (unpaired) electrons. The molecule has 1 saturated heterocycles. The largest absolute Gasteiger partial charge is 0.493 e. The molecule has 1 saturated carbocycles. The number of amides is 1. The lowest BCUT2D eigenvalue weighted by atomic mass is 9.77. The van der Waals surface area contributed by atoms with Gasteiger partial charge >= 0.3 is 6.18 Å². The number of hydrogen-bond donors (Lipinski definition) is 2. The van der Waals surface area contributed by atoms with Crippen molar-refractivity contribution in [1.29, 1.82) is 0 Å². The van der Waals surface area contributed by atoms with E-state index in [4.69, 9.17) is 15.2 Å². The van der Waals surface area contributed by atoms with E-state index >= 15 is 0 Å². The molecule has 2 aromatic rings. The topological polar surface area (TPSA) is 86.5 Å². The second-order valence-electron chi connectivity index (χ2n) is 9.02. The van der Waals surface area contributed by atoms with Crippen LogP contribution in [0.2, 0.25) is 0 Å². The van der Waals surface area contributed by atoms with E-state index in [0.717, 1.165) is 39.0 Å². The summed E-state index contributed by atoms with van der Waals surface area (Å²) in [5, 5.41) is 2.56. The molecule has 0 unspecified atom stereocenters. The van der Waals surface area contributed by atoms with Crippen molar-refractivity contribution in [3.63, 3.8) is 0 Å². The predicted molar refractivity (Wildman–Crippen MR) is 112 cm³/mol. The van der Waals surface area contributed by atoms with Gasteiger partial charge in [-0.1, -0.05) is 13.0 Å². The highest BCUT2D eigenvalue weighted by atomic mass is 19.4. The molecule has 0 spiro atoms. The fraction of sp³-hybridized carbons (Fsp3) is 0.478. The second kappa shape index (κ2) is 8.16. The first-order chi connectivity index (χ1) is 15.8. The molecule has 34 heavy (non-hydrogen) atoms. The minimum absolute atomic E-state index is 0.101. The molecular formula is C23H24F5N3O3. The quantitative estimate of drug-likeness (QED) is 0.614. The molecule has 11 heteroatoms. The Balaban J connectivity index is 1.73. The van der Waals surface area contributed by atoms with Crippen LogP contribution in [0.4, 0.5) is 27.6 Å². The van der Waals surface area contributed by atoms with E-state index < -0.39 is 58.5 Å². The van der Waals surface area contributed by atoms with Crippen LogP contribution < -0.4 is 15.8 Å². The number of methoxy groups -OCH3 is 1. The molecule has 2 aliphatic rings. The van der Waals surface area contributed by atoms with Crippen LogP contribution >= 0.6 is 0 Å². The van der Waals surface area contributed by atoms with Gasteiger partial charge in [-0.15, -0.1) is 0 Å². The van der Waals surface area contributed by atoms with E-state index in [1.165, 1.54) is 19.2 Å². The fourth-order valence-electron chi connectivity index (χ4n) is 4.42. The third-order valence-corrected chi connectivity index (χ3v) is 6.90. The first kappa shape index (κ1) is 24.3. The Bertz CT molecular complexity index is 1120. The van der Waals surface area contributed by atoms with Crippen molar-refractivity contribution < 1.29 is 36.2 Å². The number of anilines is 1. The van der Waals surface area contributed by atoms with Gasteiger partial charge in [0.25, 0.3) is 5.91 Å². The van der Waals surface area contributed by atoms with Crippen molar-refractivity contribution in [2.24, 2.45) is 11.7 Å². The van der Waals surface area contributed by atoms with Gasteiger partial charge in [-0.3, -0.25) is 9.78 Å². The number of pyridine rings is 1. The lowest BCUT2D eigenvalue weighted by molar-refractivity contribution is -0.272. The average Bonchev–Trinajstić information content (AvgIpc) is 3.46. The molecule has 4 atom stereocenters. The number of nitrogens with zero attached hydrogens (tertiary/aromatic N) is 1. The molecule has 1 aliphatic heterocycles. The zero-order valence-corrected chi connectivity index (χ0v) is 18.7. The number of aromatic nitrogens is 1. The molecule has 1 amide bonds. The zero-order chi connectivity index (χ0) is 25.1. The highest BCUT2D eigenvalue weighted by Crippen LogP contribution is 2.55. The first-order valence-corrected chi connectivity index (χ1v) is 10.6. The van der Waals surface area contributed by atoms with Gasteiger partial charge in [-0.05, 0) is 38.0 Å². The lowest BCUT2D eigenvalue weighted by Gasteiger charge is -2.32. The molecule has 184 valence electrons. The number of alkyl halides is 3. The zero-order valence-electron chi connectivity index (χ0n) is 18.7. The summed E-state index contributed by atoms with van der Waals surface area (Å²) >= 11 is 0. The maximum Gasteiger partial charge on any atom is 0.417 e. The van der Waals surface area contributed by atoms with Gasteiger partial charge in [0, 0.05) is 29.3 Å². The maximum atomic E-state index is 14.4. The minimum Gasteiger partial charge on any atom is -0.493 e. The van der Waals surface area contributed by atoms with Crippen LogP contribution in [0.25, 0.3) is 0 Å². The number of rotatable bonds is 5. The number of carbonyl (C=O) groups is 1. The lowest BCUT2D eigenvalue weighted by Crippen LogP contribution is -2.47. The van der Waals surface area contributed by atoms with Crippen molar-refractivity contribution in [2.75, 3.05) is 12.4 Å². The van der Waals surface area contributed by atoms with E-state index in [1.54, 1.807) is 6.07 Å². The van der Waals surface area contributed by atoms with Crippen molar-refractivity contribution in [3.8, 4) is 5.75 Å². The summed E-state index contributed by atoms with van der Waals surface area (Å²) in [4.78, 5) is 17.4. The number of ether oxygens (including phenoxy) is 2. The van der Waals surface area contributed by atoms with E-state index in [9.17, 15) is 26.7 Å². The summed E-state index contributed by atoms with van der Waals surface area (Å²) in [6.45, 7) is 2.09. The molecule has 1 aliphatic carbocycles. The number of benzene rings is 1. The van der Waals surface area contributed by atoms with Crippen molar-refractivity contribution in [3.05, 3.63) is 53.4 Å². The Morgan fingerprint density at radius 3 is 2.53 bits per heavy atom. The van der Waals surface area contributed by atoms with Gasteiger partial charge < -0.3 is 20.5 Å². The molecule has 1 aromatic carbocycles. The monoisotopic (exact) mass is 485 g/mol. The Morgan fingerprint density at radius 2 is 1.94 bits per heavy atom. The highest BCUT2D eigenvalue weighted by molar-refractivity contribution is 5.95. The predicted octanol–water partition coefficient (Wildman–Crippen LogP) is 4.39. The van der Waals surface area contributed by atoms with Crippen LogP contribution in [0.3, 0.4) is 0 Å². The number of carbonyl (C=O) groups excluding carboxylic acids is 1. The summed E-state index contributed by atoms with van der Waals surface area (Å²) in [6, 6.07) is 4.92. The number of nitrogens with one attached hydrogen (secondary N) is 1. The third-order valence-electron chi connectivity index (χ3n) is 6.90. The van der Waals surface area contributed by atoms with Crippen molar-refractivity contribution in [1.82, 2.24) is 4.98 Å². The van der Waals surface area contributed by atoms with Crippen LogP contribution in [0.15, 0.2) is 30.5 Å². The minimum atomic E-state index is -4.84. The van der Waals surface area contributed by atoms with Crippen LogP contribution in [-0.2, 0) is 15.1 Å². The normalized spacial score (nSPS) is 28.0. The summed E-state index contributed by atoms with van der Waals surface area (Å²) < 4.78 is 80.6. The number of nitrogens with two attached hydrogens (primary N) is 1. The van der Waals surface area contributed by atoms with E-state index in [1.807, 2.05) is 0 Å². The van der Waals surface area contributed by atoms with Crippen LogP contribution in [0.1, 0.15) is 43.9 Å². The van der Waals surface area contributed by atoms with Crippen LogP contribution in [0, 0.1) is 17.6 Å². The summed E-state index contributed by atoms with van der Waals surface area (Å²) in [5.41, 5.74) is 3.55. The molecule has 0 bridgehead atoms. The SMILES string of the molecule is COc1c([C@H]2[C@H](C(=O)Nc3ccnc(C4(N)CC4)c3)O[C@@](C)(C(F)(F)F)[C@H]2C)ccc(F)c1F. The molecular weight excluding hydrogens is 461 g/mol. The van der Waals surface area contributed by atoms with Gasteiger partial charge in [-0.2, -0.15) is 17.6 Å². The highest BCUT2D eigenvalue weighted by Gasteiger charge is 2.66. The maximum absolute atomic E-state index is 14.4. The second-order valence-corrected chi connectivity index (χ2v) is 9.02. The van der Waals surface area contributed by atoms with E-state index in [0.29, 0.717) is 5.69 Å². The Morgan fingerprint density at radius 1 is 1.26 bits per heavy atom. The number of halogens is 5.